The molecule has 2 rings (SSSR count). The first-order valence-corrected chi connectivity index (χ1v) is 8.64. The number of hydrogen-bond donors (Lipinski definition) is 2. The lowest BCUT2D eigenvalue weighted by Gasteiger charge is -2.32. The number of para-hydroxylation sites is 1. The highest BCUT2D eigenvalue weighted by Gasteiger charge is 2.24. The summed E-state index contributed by atoms with van der Waals surface area (Å²) in [4.78, 5) is 0. The largest absolute Gasteiger partial charge is 0.726 e. The Kier molecular flexibility index (Phi) is 6.50. The van der Waals surface area contributed by atoms with Crippen LogP contribution in [0.4, 0.5) is 0 Å². The van der Waals surface area contributed by atoms with Crippen LogP contribution in [0.2, 0.25) is 0 Å². The molecule has 0 saturated carbocycles. The smallest absolute Gasteiger partial charge is 0.215 e. The number of rotatable bonds is 3. The van der Waals surface area contributed by atoms with Crippen molar-refractivity contribution in [2.75, 3.05) is 21.1 Å². The van der Waals surface area contributed by atoms with Gasteiger partial charge < -0.3 is 14.1 Å². The summed E-state index contributed by atoms with van der Waals surface area (Å²) in [5, 5.41) is 10.6. The van der Waals surface area contributed by atoms with Crippen molar-refractivity contribution >= 4 is 10.4 Å². The Morgan fingerprint density at radius 1 is 1.00 bits per heavy atom. The van der Waals surface area contributed by atoms with Gasteiger partial charge in [0.2, 0.25) is 10.4 Å². The first-order chi connectivity index (χ1) is 10.9. The van der Waals surface area contributed by atoms with E-state index >= 15 is 0 Å². The summed E-state index contributed by atoms with van der Waals surface area (Å²) in [5.74, 6) is 0.397. The maximum atomic E-state index is 10.6. The fraction of sp³-hybridized carbons (Fsp3) is 0.294. The van der Waals surface area contributed by atoms with Crippen LogP contribution in [0.5, 0.6) is 5.75 Å². The maximum absolute atomic E-state index is 10.6. The Bertz CT molecular complexity index is 759. The van der Waals surface area contributed by atoms with Crippen LogP contribution in [-0.2, 0) is 10.4 Å². The lowest BCUT2D eigenvalue weighted by atomic mass is 9.97. The molecule has 7 heteroatoms. The van der Waals surface area contributed by atoms with Crippen LogP contribution >= 0.6 is 0 Å². The first-order valence-electron chi connectivity index (χ1n) is 7.28. The lowest BCUT2D eigenvalue weighted by Crippen LogP contribution is -2.37. The standard InChI is InChI=1S/C17H21NO.H2O4S/c1-13(18(2,3)4)15-11-8-12-16(17(15)19)14-9-6-5-7-10-14;1-5(2,3)4/h5-13H,1-4H3;(H2,1,2,3,4). The molecule has 0 spiro atoms. The molecule has 2 aromatic rings. The van der Waals surface area contributed by atoms with E-state index in [9.17, 15) is 5.11 Å². The van der Waals surface area contributed by atoms with E-state index in [0.29, 0.717) is 5.75 Å². The van der Waals surface area contributed by atoms with Crippen molar-refractivity contribution in [1.82, 2.24) is 0 Å². The minimum atomic E-state index is -4.92. The van der Waals surface area contributed by atoms with Crippen LogP contribution in [0, 0.1) is 0 Å². The molecule has 0 aliphatic heterocycles. The third kappa shape index (κ3) is 6.29. The molecule has 0 fully saturated rings. The van der Waals surface area contributed by atoms with Crippen molar-refractivity contribution in [2.24, 2.45) is 0 Å². The summed E-state index contributed by atoms with van der Waals surface area (Å²) in [6.45, 7) is 2.14. The van der Waals surface area contributed by atoms with Crippen LogP contribution in [0.1, 0.15) is 18.5 Å². The van der Waals surface area contributed by atoms with Gasteiger partial charge in [-0.2, -0.15) is 0 Å². The molecule has 0 saturated heterocycles. The molecule has 0 radical (unpaired) electrons. The minimum Gasteiger partial charge on any atom is -0.726 e. The molecule has 0 aliphatic rings. The van der Waals surface area contributed by atoms with E-state index in [1.807, 2.05) is 48.5 Å². The van der Waals surface area contributed by atoms with Gasteiger partial charge in [-0.05, 0) is 18.6 Å². The van der Waals surface area contributed by atoms with E-state index in [0.717, 1.165) is 21.2 Å². The highest BCUT2D eigenvalue weighted by Crippen LogP contribution is 2.37. The molecule has 2 aromatic carbocycles. The van der Waals surface area contributed by atoms with Gasteiger partial charge in [0.25, 0.3) is 0 Å². The van der Waals surface area contributed by atoms with Crippen molar-refractivity contribution < 1.29 is 27.1 Å². The Hall–Kier alpha value is -1.93. The second-order valence-corrected chi connectivity index (χ2v) is 7.18. The normalized spacial score (nSPS) is 12.9. The van der Waals surface area contributed by atoms with Crippen molar-refractivity contribution in [3.63, 3.8) is 0 Å². The molecule has 0 amide bonds. The molecule has 132 valence electrons. The van der Waals surface area contributed by atoms with E-state index < -0.39 is 10.4 Å². The van der Waals surface area contributed by atoms with Crippen molar-refractivity contribution in [2.45, 2.75) is 13.0 Å². The molecule has 6 nitrogen and oxygen atoms in total. The average molecular weight is 353 g/mol. The number of phenolic OH excluding ortho intramolecular Hbond substituents is 1. The fourth-order valence-electron chi connectivity index (χ4n) is 2.17. The third-order valence-corrected chi connectivity index (χ3v) is 3.76. The Balaban J connectivity index is 0.000000505. The fourth-order valence-corrected chi connectivity index (χ4v) is 2.17. The Labute approximate surface area is 143 Å². The van der Waals surface area contributed by atoms with Gasteiger partial charge in [0.1, 0.15) is 11.8 Å². The number of quaternary nitrogens is 1. The van der Waals surface area contributed by atoms with Crippen molar-refractivity contribution in [3.8, 4) is 16.9 Å². The van der Waals surface area contributed by atoms with Crippen LogP contribution in [0.15, 0.2) is 48.5 Å². The summed E-state index contributed by atoms with van der Waals surface area (Å²) >= 11 is 0. The summed E-state index contributed by atoms with van der Waals surface area (Å²) < 4.78 is 33.6. The molecular weight excluding hydrogens is 330 g/mol. The number of benzene rings is 2. The topological polar surface area (TPSA) is 97.7 Å². The number of aromatic hydroxyl groups is 1. The summed E-state index contributed by atoms with van der Waals surface area (Å²) in [5.41, 5.74) is 2.95. The summed E-state index contributed by atoms with van der Waals surface area (Å²) in [6, 6.07) is 16.2. The molecule has 0 heterocycles. The highest BCUT2D eigenvalue weighted by atomic mass is 32.3. The molecule has 1 atom stereocenters. The van der Waals surface area contributed by atoms with E-state index in [1.165, 1.54) is 0 Å². The van der Waals surface area contributed by atoms with E-state index in [1.54, 1.807) is 0 Å². The van der Waals surface area contributed by atoms with Crippen LogP contribution in [-0.4, -0.2) is 48.3 Å². The Morgan fingerprint density at radius 2 is 1.50 bits per heavy atom. The summed E-state index contributed by atoms with van der Waals surface area (Å²) in [6.07, 6.45) is 0. The van der Waals surface area contributed by atoms with E-state index in [-0.39, 0.29) is 6.04 Å². The molecule has 0 aromatic heterocycles. The quantitative estimate of drug-likeness (QED) is 0.502. The second-order valence-electron chi connectivity index (χ2n) is 6.33. The van der Waals surface area contributed by atoms with Crippen LogP contribution < -0.4 is 0 Å². The third-order valence-electron chi connectivity index (χ3n) is 3.76. The molecule has 24 heavy (non-hydrogen) atoms. The number of hydrogen-bond acceptors (Lipinski definition) is 4. The van der Waals surface area contributed by atoms with Gasteiger partial charge >= 0.3 is 0 Å². The second kappa shape index (κ2) is 7.76. The van der Waals surface area contributed by atoms with E-state index in [2.05, 4.69) is 28.1 Å². The number of nitrogens with zero attached hydrogens (tertiary/aromatic N) is 1. The van der Waals surface area contributed by atoms with Crippen molar-refractivity contribution in [1.29, 1.82) is 0 Å². The average Bonchev–Trinajstić information content (AvgIpc) is 2.45. The van der Waals surface area contributed by atoms with Gasteiger partial charge in [0.05, 0.1) is 26.7 Å². The molecular formula is C17H23NO5S. The lowest BCUT2D eigenvalue weighted by molar-refractivity contribution is -0.900. The molecule has 2 N–H and O–H groups in total. The van der Waals surface area contributed by atoms with Gasteiger partial charge in [-0.15, -0.1) is 0 Å². The van der Waals surface area contributed by atoms with Gasteiger partial charge in [-0.1, -0.05) is 42.5 Å². The van der Waals surface area contributed by atoms with Gasteiger partial charge in [0.15, 0.2) is 0 Å². The zero-order valence-electron chi connectivity index (χ0n) is 14.2. The van der Waals surface area contributed by atoms with Gasteiger partial charge in [0, 0.05) is 5.56 Å². The predicted molar refractivity (Wildman–Crippen MR) is 92.3 cm³/mol. The van der Waals surface area contributed by atoms with Crippen LogP contribution in [0.25, 0.3) is 11.1 Å². The summed E-state index contributed by atoms with van der Waals surface area (Å²) in [7, 11) is 1.50. The highest BCUT2D eigenvalue weighted by molar-refractivity contribution is 7.79. The Morgan fingerprint density at radius 3 is 1.96 bits per heavy atom. The number of phenols is 1. The zero-order chi connectivity index (χ0) is 18.5. The monoisotopic (exact) mass is 353 g/mol. The van der Waals surface area contributed by atoms with Gasteiger partial charge in [-0.25, -0.2) is 8.42 Å². The van der Waals surface area contributed by atoms with E-state index in [4.69, 9.17) is 17.5 Å². The molecule has 0 bridgehead atoms. The SMILES string of the molecule is CC(c1cccc(-c2ccccc2)c1O)[N+](C)(C)C.O=S(=O)([O-])O. The van der Waals surface area contributed by atoms with Crippen LogP contribution in [0.3, 0.4) is 0 Å². The van der Waals surface area contributed by atoms with Crippen molar-refractivity contribution in [3.05, 3.63) is 54.1 Å². The zero-order valence-corrected chi connectivity index (χ0v) is 15.0. The first kappa shape index (κ1) is 20.1. The predicted octanol–water partition coefficient (Wildman–Crippen LogP) is 2.83. The molecule has 1 unspecified atom stereocenters. The maximum Gasteiger partial charge on any atom is 0.215 e. The molecule has 0 aliphatic carbocycles. The van der Waals surface area contributed by atoms with Gasteiger partial charge in [-0.3, -0.25) is 4.55 Å². The minimum absolute atomic E-state index is 0.240.